The molecule has 0 radical (unpaired) electrons. The predicted octanol–water partition coefficient (Wildman–Crippen LogP) is 5.47. The lowest BCUT2D eigenvalue weighted by molar-refractivity contribution is 0.188. The second-order valence-electron chi connectivity index (χ2n) is 7.72. The molecule has 1 N–H and O–H groups in total. The van der Waals surface area contributed by atoms with Crippen LogP contribution in [0.5, 0.6) is 0 Å². The molecule has 0 aliphatic carbocycles. The van der Waals surface area contributed by atoms with Crippen molar-refractivity contribution in [1.82, 2.24) is 4.98 Å². The number of rotatable bonds is 5. The Kier molecular flexibility index (Phi) is 5.44. The van der Waals surface area contributed by atoms with Gasteiger partial charge in [-0.3, -0.25) is 0 Å². The number of anilines is 1. The number of aromatic nitrogens is 1. The highest BCUT2D eigenvalue weighted by molar-refractivity contribution is 7.18. The largest absolute Gasteiger partial charge is 0.394 e. The SMILES string of the molecule is N#C[C@@H]1[C@@H](c2ccccc2-c2ccc(F)cc2)[C@@H](CO)N1c1ncc(-c2ccccc2)s1. The third-order valence-corrected chi connectivity index (χ3v) is 7.04. The molecule has 4 aromatic rings. The lowest BCUT2D eigenvalue weighted by Crippen LogP contribution is -2.63. The van der Waals surface area contributed by atoms with E-state index in [4.69, 9.17) is 0 Å². The maximum Gasteiger partial charge on any atom is 0.187 e. The van der Waals surface area contributed by atoms with E-state index >= 15 is 0 Å². The van der Waals surface area contributed by atoms with Crippen LogP contribution in [-0.2, 0) is 0 Å². The van der Waals surface area contributed by atoms with E-state index in [1.807, 2.05) is 65.7 Å². The van der Waals surface area contributed by atoms with Gasteiger partial charge in [0.15, 0.2) is 5.13 Å². The first-order chi connectivity index (χ1) is 15.7. The Balaban J connectivity index is 1.50. The van der Waals surface area contributed by atoms with Crippen LogP contribution in [0.15, 0.2) is 85.1 Å². The average molecular weight is 442 g/mol. The molecule has 4 nitrogen and oxygen atoms in total. The first-order valence-corrected chi connectivity index (χ1v) is 11.2. The molecule has 5 rings (SSSR count). The molecule has 0 unspecified atom stereocenters. The number of halogens is 1. The molecular weight excluding hydrogens is 421 g/mol. The van der Waals surface area contributed by atoms with Gasteiger partial charge in [-0.1, -0.05) is 78.1 Å². The molecule has 1 saturated heterocycles. The minimum absolute atomic E-state index is 0.0964. The van der Waals surface area contributed by atoms with Crippen LogP contribution in [0, 0.1) is 17.1 Å². The quantitative estimate of drug-likeness (QED) is 0.446. The van der Waals surface area contributed by atoms with Crippen LogP contribution >= 0.6 is 11.3 Å². The zero-order chi connectivity index (χ0) is 22.1. The summed E-state index contributed by atoms with van der Waals surface area (Å²) in [4.78, 5) is 7.51. The number of benzene rings is 3. The van der Waals surface area contributed by atoms with E-state index < -0.39 is 6.04 Å². The van der Waals surface area contributed by atoms with Crippen molar-refractivity contribution < 1.29 is 9.50 Å². The van der Waals surface area contributed by atoms with Gasteiger partial charge in [-0.2, -0.15) is 5.26 Å². The Morgan fingerprint density at radius 2 is 1.69 bits per heavy atom. The first kappa shape index (κ1) is 20.4. The van der Waals surface area contributed by atoms with E-state index in [1.54, 1.807) is 12.1 Å². The summed E-state index contributed by atoms with van der Waals surface area (Å²) in [5, 5.41) is 21.0. The molecule has 158 valence electrons. The number of hydrogen-bond donors (Lipinski definition) is 1. The lowest BCUT2D eigenvalue weighted by atomic mass is 9.74. The fourth-order valence-corrected chi connectivity index (χ4v) is 5.46. The highest BCUT2D eigenvalue weighted by Crippen LogP contribution is 2.47. The second kappa shape index (κ2) is 8.54. The third kappa shape index (κ3) is 3.46. The third-order valence-electron chi connectivity index (χ3n) is 5.98. The van der Waals surface area contributed by atoms with Gasteiger partial charge >= 0.3 is 0 Å². The highest BCUT2D eigenvalue weighted by Gasteiger charge is 2.51. The smallest absolute Gasteiger partial charge is 0.187 e. The molecular formula is C26H20FN3OS. The van der Waals surface area contributed by atoms with E-state index in [-0.39, 0.29) is 24.4 Å². The standard InChI is InChI=1S/C26H20FN3OS/c27-19-12-10-17(11-13-19)20-8-4-5-9-21(20)25-22(14-28)30(23(25)16-31)26-29-15-24(32-26)18-6-2-1-3-7-18/h1-13,15,22-23,25,31H,16H2/t22-,23-,25-/m1/s1. The molecule has 1 aromatic heterocycles. The van der Waals surface area contributed by atoms with Crippen molar-refractivity contribution in [3.05, 3.63) is 96.4 Å². The highest BCUT2D eigenvalue weighted by atomic mass is 32.1. The first-order valence-electron chi connectivity index (χ1n) is 10.4. The van der Waals surface area contributed by atoms with Gasteiger partial charge in [0.05, 0.1) is 23.6 Å². The fourth-order valence-electron chi connectivity index (χ4n) is 4.44. The van der Waals surface area contributed by atoms with Crippen LogP contribution in [0.4, 0.5) is 9.52 Å². The fraction of sp³-hybridized carbons (Fsp3) is 0.154. The summed E-state index contributed by atoms with van der Waals surface area (Å²) in [7, 11) is 0. The molecule has 1 aliphatic rings. The van der Waals surface area contributed by atoms with Crippen molar-refractivity contribution in [2.45, 2.75) is 18.0 Å². The van der Waals surface area contributed by atoms with Crippen molar-refractivity contribution in [2.75, 3.05) is 11.5 Å². The molecule has 0 saturated carbocycles. The van der Waals surface area contributed by atoms with E-state index in [1.165, 1.54) is 23.5 Å². The Labute approximate surface area is 189 Å². The molecule has 32 heavy (non-hydrogen) atoms. The molecule has 3 aromatic carbocycles. The second-order valence-corrected chi connectivity index (χ2v) is 8.73. The predicted molar refractivity (Wildman–Crippen MR) is 125 cm³/mol. The topological polar surface area (TPSA) is 60.1 Å². The normalized spacial score (nSPS) is 19.9. The summed E-state index contributed by atoms with van der Waals surface area (Å²) in [6.45, 7) is -0.0964. The van der Waals surface area contributed by atoms with Crippen molar-refractivity contribution in [1.29, 1.82) is 5.26 Å². The maximum absolute atomic E-state index is 13.4. The zero-order valence-corrected chi connectivity index (χ0v) is 17.9. The number of thiazole rings is 1. The molecule has 3 atom stereocenters. The number of hydrogen-bond acceptors (Lipinski definition) is 5. The van der Waals surface area contributed by atoms with Gasteiger partial charge in [-0.25, -0.2) is 9.37 Å². The summed E-state index contributed by atoms with van der Waals surface area (Å²) >= 11 is 1.52. The van der Waals surface area contributed by atoms with Crippen LogP contribution in [0.1, 0.15) is 11.5 Å². The van der Waals surface area contributed by atoms with Crippen molar-refractivity contribution >= 4 is 16.5 Å². The summed E-state index contributed by atoms with van der Waals surface area (Å²) in [5.41, 5.74) is 3.87. The zero-order valence-electron chi connectivity index (χ0n) is 17.1. The van der Waals surface area contributed by atoms with Gasteiger partial charge in [0.2, 0.25) is 0 Å². The lowest BCUT2D eigenvalue weighted by Gasteiger charge is -2.52. The summed E-state index contributed by atoms with van der Waals surface area (Å²) in [6, 6.07) is 25.9. The molecule has 0 amide bonds. The summed E-state index contributed by atoms with van der Waals surface area (Å²) < 4.78 is 13.4. The van der Waals surface area contributed by atoms with Gasteiger partial charge in [0.25, 0.3) is 0 Å². The Hall–Kier alpha value is -3.53. The van der Waals surface area contributed by atoms with Crippen molar-refractivity contribution in [3.63, 3.8) is 0 Å². The number of aliphatic hydroxyl groups excluding tert-OH is 1. The molecule has 0 bridgehead atoms. The van der Waals surface area contributed by atoms with Gasteiger partial charge < -0.3 is 10.0 Å². The van der Waals surface area contributed by atoms with E-state index in [0.29, 0.717) is 0 Å². The monoisotopic (exact) mass is 441 g/mol. The van der Waals surface area contributed by atoms with E-state index in [9.17, 15) is 14.8 Å². The number of nitrogens with zero attached hydrogens (tertiary/aromatic N) is 3. The van der Waals surface area contributed by atoms with Crippen LogP contribution in [0.2, 0.25) is 0 Å². The van der Waals surface area contributed by atoms with Crippen LogP contribution < -0.4 is 4.90 Å². The van der Waals surface area contributed by atoms with Gasteiger partial charge in [0, 0.05) is 12.1 Å². The van der Waals surface area contributed by atoms with Crippen molar-refractivity contribution in [2.24, 2.45) is 0 Å². The van der Waals surface area contributed by atoms with E-state index in [2.05, 4.69) is 11.1 Å². The maximum atomic E-state index is 13.4. The molecule has 0 spiro atoms. The summed E-state index contributed by atoms with van der Waals surface area (Å²) in [5.74, 6) is -0.475. The van der Waals surface area contributed by atoms with Gasteiger partial charge in [0.1, 0.15) is 11.9 Å². The minimum Gasteiger partial charge on any atom is -0.394 e. The number of nitriles is 1. The summed E-state index contributed by atoms with van der Waals surface area (Å²) in [6.07, 6.45) is 1.82. The molecule has 1 aliphatic heterocycles. The molecule has 2 heterocycles. The Bertz CT molecular complexity index is 1270. The average Bonchev–Trinajstić information content (AvgIpc) is 3.30. The van der Waals surface area contributed by atoms with Crippen LogP contribution in [0.25, 0.3) is 21.6 Å². The van der Waals surface area contributed by atoms with E-state index in [0.717, 1.165) is 32.3 Å². The number of aliphatic hydroxyl groups is 1. The molecule has 6 heteroatoms. The van der Waals surface area contributed by atoms with Crippen LogP contribution in [0.3, 0.4) is 0 Å². The molecule has 1 fully saturated rings. The van der Waals surface area contributed by atoms with Crippen LogP contribution in [-0.4, -0.2) is 28.8 Å². The minimum atomic E-state index is -0.455. The Morgan fingerprint density at radius 3 is 2.41 bits per heavy atom. The Morgan fingerprint density at radius 1 is 0.969 bits per heavy atom. The van der Waals surface area contributed by atoms with Crippen molar-refractivity contribution in [3.8, 4) is 27.6 Å². The van der Waals surface area contributed by atoms with Gasteiger partial charge in [-0.15, -0.1) is 0 Å². The van der Waals surface area contributed by atoms with Gasteiger partial charge in [-0.05, 0) is 34.4 Å².